The van der Waals surface area contributed by atoms with Crippen LogP contribution in [-0.4, -0.2) is 45.3 Å². The second-order valence-electron chi connectivity index (χ2n) is 10.9. The number of para-hydroxylation sites is 1. The first-order valence-corrected chi connectivity index (χ1v) is 14.6. The molecule has 8 nitrogen and oxygen atoms in total. The minimum absolute atomic E-state index is 0.0340. The molecule has 3 aromatic carbocycles. The quantitative estimate of drug-likeness (QED) is 0.197. The van der Waals surface area contributed by atoms with Crippen LogP contribution in [0.1, 0.15) is 66.1 Å². The van der Waals surface area contributed by atoms with Gasteiger partial charge in [0.2, 0.25) is 5.88 Å². The van der Waals surface area contributed by atoms with Crippen molar-refractivity contribution in [2.24, 2.45) is 5.92 Å². The number of hydrogen-bond donors (Lipinski definition) is 2. The number of benzene rings is 3. The fourth-order valence-electron chi connectivity index (χ4n) is 5.53. The average molecular weight is 567 g/mol. The van der Waals surface area contributed by atoms with E-state index in [0.717, 1.165) is 35.3 Å². The second-order valence-corrected chi connectivity index (χ2v) is 10.9. The Kier molecular flexibility index (Phi) is 9.54. The van der Waals surface area contributed by atoms with Gasteiger partial charge in [0.25, 0.3) is 5.91 Å². The zero-order valence-corrected chi connectivity index (χ0v) is 24.0. The van der Waals surface area contributed by atoms with Gasteiger partial charge in [-0.2, -0.15) is 0 Å². The van der Waals surface area contributed by atoms with Crippen LogP contribution in [0, 0.1) is 5.92 Å². The SMILES string of the molecule is CN(CCC(=O)O)C(=O)c1ccc(NC(c2cn(-c3ccccc3)nc2OCc2ccccc2)C2CCCCC2)cc1. The molecule has 1 unspecified atom stereocenters. The summed E-state index contributed by atoms with van der Waals surface area (Å²) in [5.74, 6) is -0.120. The van der Waals surface area contributed by atoms with E-state index in [-0.39, 0.29) is 24.9 Å². The van der Waals surface area contributed by atoms with E-state index in [4.69, 9.17) is 14.9 Å². The number of ether oxygens (including phenoxy) is 1. The van der Waals surface area contributed by atoms with Crippen LogP contribution < -0.4 is 10.1 Å². The van der Waals surface area contributed by atoms with Crippen LogP contribution in [0.3, 0.4) is 0 Å². The van der Waals surface area contributed by atoms with Crippen LogP contribution in [0.2, 0.25) is 0 Å². The molecule has 8 heteroatoms. The highest BCUT2D eigenvalue weighted by atomic mass is 16.5. The molecule has 218 valence electrons. The topological polar surface area (TPSA) is 96.7 Å². The van der Waals surface area contributed by atoms with Gasteiger partial charge < -0.3 is 20.1 Å². The number of nitrogens with zero attached hydrogens (tertiary/aromatic N) is 3. The Balaban J connectivity index is 1.43. The molecule has 0 radical (unpaired) electrons. The highest BCUT2D eigenvalue weighted by molar-refractivity contribution is 5.94. The molecule has 1 aromatic heterocycles. The van der Waals surface area contributed by atoms with Crippen molar-refractivity contribution in [3.63, 3.8) is 0 Å². The molecule has 5 rings (SSSR count). The predicted octanol–water partition coefficient (Wildman–Crippen LogP) is 6.73. The normalized spacial score (nSPS) is 14.2. The standard InChI is InChI=1S/C34H38N4O4/c1-37(22-21-31(39)40)34(41)27-17-19-28(20-18-27)35-32(26-13-7-3-8-14-26)30-23-38(29-15-9-4-10-16-29)36-33(30)42-24-25-11-5-2-6-12-25/h2,4-6,9-12,15-20,23,26,32,35H,3,7-8,13-14,21-22,24H2,1H3,(H,39,40). The van der Waals surface area contributed by atoms with E-state index in [1.54, 1.807) is 19.2 Å². The molecule has 42 heavy (non-hydrogen) atoms. The summed E-state index contributed by atoms with van der Waals surface area (Å²) >= 11 is 0. The number of carboxylic acids is 1. The average Bonchev–Trinajstić information content (AvgIpc) is 3.46. The molecule has 2 N–H and O–H groups in total. The number of rotatable bonds is 12. The van der Waals surface area contributed by atoms with Crippen LogP contribution in [0.4, 0.5) is 5.69 Å². The van der Waals surface area contributed by atoms with Crippen LogP contribution in [0.5, 0.6) is 5.88 Å². The third kappa shape index (κ3) is 7.37. The van der Waals surface area contributed by atoms with Gasteiger partial charge in [-0.15, -0.1) is 5.10 Å². The van der Waals surface area contributed by atoms with Gasteiger partial charge in [-0.05, 0) is 60.7 Å². The number of carbonyl (C=O) groups is 2. The summed E-state index contributed by atoms with van der Waals surface area (Å²) < 4.78 is 8.28. The predicted molar refractivity (Wildman–Crippen MR) is 163 cm³/mol. The number of aliphatic carboxylic acids is 1. The van der Waals surface area contributed by atoms with Crippen LogP contribution in [0.25, 0.3) is 5.69 Å². The van der Waals surface area contributed by atoms with Gasteiger partial charge in [0.1, 0.15) is 6.61 Å². The lowest BCUT2D eigenvalue weighted by Crippen LogP contribution is -2.29. The number of anilines is 1. The van der Waals surface area contributed by atoms with Crippen molar-refractivity contribution < 1.29 is 19.4 Å². The van der Waals surface area contributed by atoms with E-state index in [0.29, 0.717) is 24.0 Å². The summed E-state index contributed by atoms with van der Waals surface area (Å²) in [5, 5.41) is 17.6. The lowest BCUT2D eigenvalue weighted by atomic mass is 9.81. The largest absolute Gasteiger partial charge is 0.481 e. The van der Waals surface area contributed by atoms with Gasteiger partial charge in [-0.3, -0.25) is 9.59 Å². The Morgan fingerprint density at radius 3 is 2.31 bits per heavy atom. The van der Waals surface area contributed by atoms with E-state index in [2.05, 4.69) is 11.5 Å². The van der Waals surface area contributed by atoms with E-state index >= 15 is 0 Å². The minimum atomic E-state index is -0.925. The third-order valence-corrected chi connectivity index (χ3v) is 7.86. The summed E-state index contributed by atoms with van der Waals surface area (Å²) in [7, 11) is 1.62. The highest BCUT2D eigenvalue weighted by Crippen LogP contribution is 2.40. The molecule has 1 atom stereocenters. The molecule has 0 aliphatic heterocycles. The number of amides is 1. The second kappa shape index (κ2) is 13.9. The van der Waals surface area contributed by atoms with Gasteiger partial charge in [-0.25, -0.2) is 4.68 Å². The van der Waals surface area contributed by atoms with Crippen molar-refractivity contribution >= 4 is 17.6 Å². The third-order valence-electron chi connectivity index (χ3n) is 7.86. The number of nitrogens with one attached hydrogen (secondary N) is 1. The van der Waals surface area contributed by atoms with E-state index in [9.17, 15) is 9.59 Å². The summed E-state index contributed by atoms with van der Waals surface area (Å²) in [5.41, 5.74) is 4.47. The zero-order chi connectivity index (χ0) is 29.3. The maximum absolute atomic E-state index is 12.8. The van der Waals surface area contributed by atoms with Gasteiger partial charge in [-0.1, -0.05) is 67.8 Å². The lowest BCUT2D eigenvalue weighted by molar-refractivity contribution is -0.137. The van der Waals surface area contributed by atoms with Gasteiger partial charge >= 0.3 is 5.97 Å². The number of hydrogen-bond acceptors (Lipinski definition) is 5. The Hall–Kier alpha value is -4.59. The minimum Gasteiger partial charge on any atom is -0.481 e. The molecule has 1 aliphatic carbocycles. The molecule has 1 aliphatic rings. The number of aromatic nitrogens is 2. The van der Waals surface area contributed by atoms with Gasteiger partial charge in [0.05, 0.1) is 23.7 Å². The monoisotopic (exact) mass is 566 g/mol. The van der Waals surface area contributed by atoms with E-state index in [1.165, 1.54) is 24.2 Å². The van der Waals surface area contributed by atoms with Crippen LogP contribution >= 0.6 is 0 Å². The maximum atomic E-state index is 12.8. The van der Waals surface area contributed by atoms with Crippen LogP contribution in [0.15, 0.2) is 91.1 Å². The number of carboxylic acid groups (broad SMARTS) is 1. The summed E-state index contributed by atoms with van der Waals surface area (Å²) in [4.78, 5) is 25.2. The highest BCUT2D eigenvalue weighted by Gasteiger charge is 2.30. The fraction of sp³-hybridized carbons (Fsp3) is 0.324. The van der Waals surface area contributed by atoms with Crippen molar-refractivity contribution in [3.8, 4) is 11.6 Å². The Bertz CT molecular complexity index is 1450. The smallest absolute Gasteiger partial charge is 0.305 e. The lowest BCUT2D eigenvalue weighted by Gasteiger charge is -2.31. The van der Waals surface area contributed by atoms with Gasteiger partial charge in [0, 0.05) is 31.0 Å². The molecule has 0 spiro atoms. The Labute approximate surface area is 246 Å². The van der Waals surface area contributed by atoms with E-state index < -0.39 is 5.97 Å². The molecule has 1 heterocycles. The van der Waals surface area contributed by atoms with Crippen molar-refractivity contribution in [1.29, 1.82) is 0 Å². The fourth-order valence-corrected chi connectivity index (χ4v) is 5.53. The van der Waals surface area contributed by atoms with Gasteiger partial charge in [0.15, 0.2) is 0 Å². The first kappa shape index (κ1) is 28.9. The molecule has 0 bridgehead atoms. The molecular formula is C34H38N4O4. The van der Waals surface area contributed by atoms with Crippen molar-refractivity contribution in [2.45, 2.75) is 51.2 Å². The molecular weight excluding hydrogens is 528 g/mol. The molecule has 1 amide bonds. The zero-order valence-electron chi connectivity index (χ0n) is 24.0. The first-order valence-electron chi connectivity index (χ1n) is 14.6. The van der Waals surface area contributed by atoms with Crippen molar-refractivity contribution in [3.05, 3.63) is 108 Å². The Morgan fingerprint density at radius 1 is 0.976 bits per heavy atom. The summed E-state index contributed by atoms with van der Waals surface area (Å²) in [6.45, 7) is 0.582. The summed E-state index contributed by atoms with van der Waals surface area (Å²) in [6.07, 6.45) is 7.83. The van der Waals surface area contributed by atoms with E-state index in [1.807, 2.05) is 77.5 Å². The van der Waals surface area contributed by atoms with Crippen molar-refractivity contribution in [1.82, 2.24) is 14.7 Å². The van der Waals surface area contributed by atoms with Crippen molar-refractivity contribution in [2.75, 3.05) is 18.9 Å². The van der Waals surface area contributed by atoms with Crippen LogP contribution in [-0.2, 0) is 11.4 Å². The first-order chi connectivity index (χ1) is 20.5. The maximum Gasteiger partial charge on any atom is 0.305 e. The summed E-state index contributed by atoms with van der Waals surface area (Å²) in [6, 6.07) is 27.5. The molecule has 4 aromatic rings. The molecule has 1 saturated carbocycles. The molecule has 0 saturated heterocycles. The molecule has 1 fully saturated rings. The number of carbonyl (C=O) groups excluding carboxylic acids is 1. The Morgan fingerprint density at radius 2 is 1.64 bits per heavy atom.